The number of hydrogen-bond donors (Lipinski definition) is 2. The molecule has 2 aliphatic rings. The van der Waals surface area contributed by atoms with Crippen LogP contribution >= 0.6 is 90.7 Å². The van der Waals surface area contributed by atoms with Crippen molar-refractivity contribution in [3.63, 3.8) is 0 Å². The standard InChI is InChI=1S/C80H34N8S8/c1(49-17-25-89-41-49)9-57-33-65-66(34-58(57)10-2-50-18-26-90-42-50)74-81-73(65)85-75-67-35-59(11-3-51-19-27-91-43-51)60(12-4-52-20-28-92-44-52)36-68(67)77(82-75)87-79-71-39-63(15-7-55-23-31-95-47-55)64(16-8-56-24-32-96-48-56)40-72(71)80(84-79)88-78-70-38-62(14-6-54-22-30-94-46-54)61(13-5-53-21-29-93-45-53)37-69(70)76(83-78)86-74/h17-48H,(H2,81,82,83,84,85,86,87,88). The molecule has 8 bridgehead atoms. The van der Waals surface area contributed by atoms with Crippen LogP contribution in [-0.4, -0.2) is 39.9 Å². The van der Waals surface area contributed by atoms with Crippen LogP contribution in [0, 0.1) is 94.7 Å². The second-order valence-electron chi connectivity index (χ2n) is 21.5. The molecule has 0 aliphatic carbocycles. The Labute approximate surface area is 581 Å². The molecule has 11 aromatic heterocycles. The topological polar surface area (TPSA) is 109 Å². The van der Waals surface area contributed by atoms with Crippen LogP contribution in [-0.2, 0) is 0 Å². The van der Waals surface area contributed by atoms with E-state index in [-0.39, 0.29) is 0 Å². The maximum atomic E-state index is 5.56. The van der Waals surface area contributed by atoms with Crippen molar-refractivity contribution in [2.24, 2.45) is 0 Å². The maximum Gasteiger partial charge on any atom is 0.164 e. The summed E-state index contributed by atoms with van der Waals surface area (Å²) in [6, 6.07) is 32.4. The van der Waals surface area contributed by atoms with Crippen molar-refractivity contribution < 1.29 is 0 Å². The van der Waals surface area contributed by atoms with Crippen molar-refractivity contribution in [1.29, 1.82) is 0 Å². The minimum absolute atomic E-state index is 0.381. The SMILES string of the molecule is C(#Cc1cc2c(cc1C#Cc1ccsc1)-c1nc-2nc2[nH]c(nc3nc(nc4[nH]c(n1)c1cc(C#Cc5ccsc5)c(C#Cc5ccsc5)cc41)-c1cc(C#Cc4ccsc4)c(C#Cc4ccsc4)cc1-3)c1cc(C#Cc3ccsc3)c(C#Cc3ccsc3)cc21)c1ccsc1. The third kappa shape index (κ3) is 12.1. The fourth-order valence-corrected chi connectivity index (χ4v) is 15.3. The summed E-state index contributed by atoms with van der Waals surface area (Å²) < 4.78 is 0. The molecule has 0 fully saturated rings. The molecule has 16 heteroatoms. The highest BCUT2D eigenvalue weighted by Crippen LogP contribution is 2.40. The van der Waals surface area contributed by atoms with Crippen LogP contribution in [0.2, 0.25) is 0 Å². The number of rotatable bonds is 0. The fourth-order valence-electron chi connectivity index (χ4n) is 10.6. The minimum atomic E-state index is 0.381. The van der Waals surface area contributed by atoms with Gasteiger partial charge >= 0.3 is 0 Å². The van der Waals surface area contributed by atoms with Gasteiger partial charge in [0.25, 0.3) is 0 Å². The van der Waals surface area contributed by atoms with Gasteiger partial charge in [0.1, 0.15) is 22.6 Å². The molecule has 8 nitrogen and oxygen atoms in total. The van der Waals surface area contributed by atoms with E-state index in [1.807, 2.05) is 183 Å². The molecule has 0 radical (unpaired) electrons. The lowest BCUT2D eigenvalue weighted by Gasteiger charge is -2.04. The van der Waals surface area contributed by atoms with E-state index in [0.29, 0.717) is 113 Å². The fraction of sp³-hybridized carbons (Fsp3) is 0. The molecule has 4 aromatic carbocycles. The van der Waals surface area contributed by atoms with Gasteiger partial charge in [-0.1, -0.05) is 94.7 Å². The number of aromatic nitrogens is 8. The normalized spacial score (nSPS) is 10.7. The van der Waals surface area contributed by atoms with Crippen LogP contribution < -0.4 is 0 Å². The third-order valence-corrected chi connectivity index (χ3v) is 20.8. The summed E-state index contributed by atoms with van der Waals surface area (Å²) in [6.07, 6.45) is 0. The molecule has 13 heterocycles. The molecule has 0 saturated heterocycles. The van der Waals surface area contributed by atoms with Gasteiger partial charge in [-0.25, -0.2) is 29.9 Å². The quantitative estimate of drug-likeness (QED) is 0.146. The zero-order valence-corrected chi connectivity index (χ0v) is 56.0. The lowest BCUT2D eigenvalue weighted by atomic mass is 9.98. The van der Waals surface area contributed by atoms with E-state index in [1.54, 1.807) is 90.7 Å². The van der Waals surface area contributed by atoms with Crippen LogP contribution in [0.5, 0.6) is 0 Å². The van der Waals surface area contributed by atoms with Gasteiger partial charge in [0.05, 0.1) is 0 Å². The molecule has 2 aliphatic heterocycles. The van der Waals surface area contributed by atoms with Crippen molar-refractivity contribution in [3.05, 3.63) is 272 Å². The average molecular weight is 1360 g/mol. The van der Waals surface area contributed by atoms with Crippen LogP contribution in [0.25, 0.3) is 89.7 Å². The second kappa shape index (κ2) is 25.7. The number of benzene rings is 4. The Kier molecular flexibility index (Phi) is 15.6. The van der Waals surface area contributed by atoms with E-state index < -0.39 is 0 Å². The summed E-state index contributed by atoms with van der Waals surface area (Å²) in [6.45, 7) is 0. The van der Waals surface area contributed by atoms with Crippen molar-refractivity contribution in [1.82, 2.24) is 39.9 Å². The van der Waals surface area contributed by atoms with Gasteiger partial charge in [-0.15, -0.1) is 0 Å². The Bertz CT molecular complexity index is 5580. The Morgan fingerprint density at radius 1 is 0.208 bits per heavy atom. The van der Waals surface area contributed by atoms with Gasteiger partial charge in [-0.05, 0) is 140 Å². The lowest BCUT2D eigenvalue weighted by Crippen LogP contribution is -1.90. The summed E-state index contributed by atoms with van der Waals surface area (Å²) in [5.74, 6) is 56.7. The number of nitrogens with zero attached hydrogens (tertiary/aromatic N) is 6. The van der Waals surface area contributed by atoms with Gasteiger partial charge in [0.2, 0.25) is 0 Å². The molecule has 442 valence electrons. The van der Waals surface area contributed by atoms with E-state index in [9.17, 15) is 0 Å². The Hall–Kier alpha value is -11.7. The number of thiophene rings is 8. The first-order chi connectivity index (χ1) is 47.5. The van der Waals surface area contributed by atoms with Crippen molar-refractivity contribution in [3.8, 4) is 140 Å². The lowest BCUT2D eigenvalue weighted by molar-refractivity contribution is 1.19. The van der Waals surface area contributed by atoms with E-state index >= 15 is 0 Å². The van der Waals surface area contributed by atoms with E-state index in [4.69, 9.17) is 29.9 Å². The zero-order chi connectivity index (χ0) is 63.7. The predicted octanol–water partition coefficient (Wildman–Crippen LogP) is 18.6. The van der Waals surface area contributed by atoms with Crippen LogP contribution in [0.4, 0.5) is 0 Å². The smallest absolute Gasteiger partial charge is 0.164 e. The molecule has 2 N–H and O–H groups in total. The number of fused-ring (bicyclic) bond motifs is 20. The summed E-state index contributed by atoms with van der Waals surface area (Å²) in [7, 11) is 0. The molecule has 15 aromatic rings. The summed E-state index contributed by atoms with van der Waals surface area (Å²) in [5.41, 5.74) is 17.4. The van der Waals surface area contributed by atoms with Gasteiger partial charge in [-0.3, -0.25) is 0 Å². The highest BCUT2D eigenvalue weighted by atomic mass is 32.1. The first kappa shape index (κ1) is 58.2. The monoisotopic (exact) mass is 1360 g/mol. The van der Waals surface area contributed by atoms with Crippen molar-refractivity contribution in [2.45, 2.75) is 0 Å². The molecule has 0 saturated carbocycles. The summed E-state index contributed by atoms with van der Waals surface area (Å²) in [5, 5.41) is 35.3. The van der Waals surface area contributed by atoms with Crippen LogP contribution in [0.3, 0.4) is 0 Å². The third-order valence-electron chi connectivity index (χ3n) is 15.3. The first-order valence-corrected chi connectivity index (χ1v) is 36.9. The van der Waals surface area contributed by atoms with Gasteiger partial charge in [0.15, 0.2) is 23.3 Å². The molecular weight excluding hydrogens is 1330 g/mol. The molecular formula is C80H34N8S8. The second-order valence-corrected chi connectivity index (χ2v) is 27.7. The van der Waals surface area contributed by atoms with Gasteiger partial charge in [-0.2, -0.15) is 90.7 Å². The largest absolute Gasteiger partial charge is 0.324 e. The minimum Gasteiger partial charge on any atom is -0.324 e. The molecule has 96 heavy (non-hydrogen) atoms. The Balaban J connectivity index is 1.00. The first-order valence-electron chi connectivity index (χ1n) is 29.4. The number of H-pyrrole nitrogens is 2. The Morgan fingerprint density at radius 3 is 0.552 bits per heavy atom. The molecule has 0 unspecified atom stereocenters. The predicted molar refractivity (Wildman–Crippen MR) is 398 cm³/mol. The molecule has 0 spiro atoms. The van der Waals surface area contributed by atoms with Gasteiger partial charge in [0, 0.05) is 176 Å². The van der Waals surface area contributed by atoms with E-state index in [1.165, 1.54) is 0 Å². The number of hydrogen-bond acceptors (Lipinski definition) is 14. The molecule has 0 atom stereocenters. The van der Waals surface area contributed by atoms with Crippen molar-refractivity contribution in [2.75, 3.05) is 0 Å². The molecule has 17 rings (SSSR count). The molecule has 0 amide bonds. The highest BCUT2D eigenvalue weighted by Gasteiger charge is 2.26. The van der Waals surface area contributed by atoms with Crippen molar-refractivity contribution >= 4 is 135 Å². The zero-order valence-electron chi connectivity index (χ0n) is 49.4. The Morgan fingerprint density at radius 2 is 0.385 bits per heavy atom. The maximum absolute atomic E-state index is 5.56. The van der Waals surface area contributed by atoms with Crippen LogP contribution in [0.15, 0.2) is 183 Å². The van der Waals surface area contributed by atoms with Crippen LogP contribution in [0.1, 0.15) is 89.0 Å². The van der Waals surface area contributed by atoms with E-state index in [2.05, 4.69) is 105 Å². The highest BCUT2D eigenvalue weighted by molar-refractivity contribution is 7.09. The summed E-state index contributed by atoms with van der Waals surface area (Å²) in [4.78, 5) is 40.5. The number of aromatic amines is 2. The summed E-state index contributed by atoms with van der Waals surface area (Å²) >= 11 is 12.7. The average Bonchev–Trinajstić information content (AvgIpc) is 1.59. The van der Waals surface area contributed by atoms with Gasteiger partial charge < -0.3 is 9.97 Å². The van der Waals surface area contributed by atoms with E-state index in [0.717, 1.165) is 66.1 Å². The number of nitrogens with one attached hydrogen (secondary N) is 2.